The molecule has 0 unspecified atom stereocenters. The van der Waals surface area contributed by atoms with Crippen LogP contribution in [-0.2, 0) is 23.0 Å². The lowest BCUT2D eigenvalue weighted by Gasteiger charge is -2.06. The second kappa shape index (κ2) is 11.5. The number of benzene rings is 2. The Balaban J connectivity index is 0.000000648. The zero-order chi connectivity index (χ0) is 17.8. The van der Waals surface area contributed by atoms with E-state index in [1.54, 1.807) is 14.2 Å². The van der Waals surface area contributed by atoms with Crippen molar-refractivity contribution in [3.63, 3.8) is 0 Å². The summed E-state index contributed by atoms with van der Waals surface area (Å²) < 4.78 is 10.2. The smallest absolute Gasteiger partial charge is 0.118 e. The monoisotopic (exact) mass is 332 g/mol. The Bertz CT molecular complexity index is 495. The van der Waals surface area contributed by atoms with Crippen molar-refractivity contribution in [2.45, 2.75) is 34.0 Å². The number of ether oxygens (including phenoxy) is 2. The van der Waals surface area contributed by atoms with Crippen LogP contribution in [-0.4, -0.2) is 14.2 Å². The van der Waals surface area contributed by atoms with Gasteiger partial charge < -0.3 is 9.47 Å². The van der Waals surface area contributed by atoms with Gasteiger partial charge in [0.2, 0.25) is 0 Å². The van der Waals surface area contributed by atoms with Gasteiger partial charge in [0, 0.05) is 0 Å². The largest absolute Gasteiger partial charge is 0.497 e. The molecule has 0 radical (unpaired) electrons. The molecule has 132 valence electrons. The van der Waals surface area contributed by atoms with Crippen molar-refractivity contribution in [3.8, 4) is 11.5 Å². The summed E-state index contributed by atoms with van der Waals surface area (Å²) in [6.07, 6.45) is 0. The summed E-state index contributed by atoms with van der Waals surface area (Å²) in [7, 11) is 3.28. The van der Waals surface area contributed by atoms with Crippen molar-refractivity contribution in [1.82, 2.24) is 0 Å². The van der Waals surface area contributed by atoms with Crippen molar-refractivity contribution in [3.05, 3.63) is 59.7 Å². The van der Waals surface area contributed by atoms with Crippen LogP contribution >= 0.6 is 0 Å². The van der Waals surface area contributed by atoms with Crippen molar-refractivity contribution >= 4 is 0 Å². The van der Waals surface area contributed by atoms with Gasteiger partial charge in [-0.2, -0.15) is 0 Å². The minimum Gasteiger partial charge on any atom is -0.497 e. The first-order valence-corrected chi connectivity index (χ1v) is 8.05. The van der Waals surface area contributed by atoms with Crippen molar-refractivity contribution in [2.75, 3.05) is 14.2 Å². The molecule has 0 fully saturated rings. The molecule has 0 saturated carbocycles. The highest BCUT2D eigenvalue weighted by Gasteiger charge is 1.98. The van der Waals surface area contributed by atoms with Crippen LogP contribution in [0.15, 0.2) is 48.5 Å². The maximum Gasteiger partial charge on any atom is 0.118 e. The lowest BCUT2D eigenvalue weighted by molar-refractivity contribution is -0.313. The van der Waals surface area contributed by atoms with E-state index in [1.807, 2.05) is 48.5 Å². The van der Waals surface area contributed by atoms with E-state index in [2.05, 4.69) is 20.8 Å². The Morgan fingerprint density at radius 2 is 0.917 bits per heavy atom. The maximum absolute atomic E-state index is 5.18. The summed E-state index contributed by atoms with van der Waals surface area (Å²) in [4.78, 5) is 10.4. The molecule has 2 rings (SSSR count). The van der Waals surface area contributed by atoms with Gasteiger partial charge in [-0.15, -0.1) is 0 Å². The molecule has 0 atom stereocenters. The predicted molar refractivity (Wildman–Crippen MR) is 96.1 cm³/mol. The molecule has 4 heteroatoms. The average molecular weight is 332 g/mol. The first kappa shape index (κ1) is 20.0. The molecule has 0 saturated heterocycles. The van der Waals surface area contributed by atoms with E-state index in [9.17, 15) is 0 Å². The van der Waals surface area contributed by atoms with Crippen LogP contribution in [0.3, 0.4) is 0 Å². The second-order valence-corrected chi connectivity index (χ2v) is 5.95. The molecular weight excluding hydrogens is 304 g/mol. The van der Waals surface area contributed by atoms with Crippen LogP contribution in [0.4, 0.5) is 0 Å². The zero-order valence-corrected chi connectivity index (χ0v) is 15.2. The fraction of sp³-hybridized carbons (Fsp3) is 0.400. The lowest BCUT2D eigenvalue weighted by atomic mass is 10.2. The van der Waals surface area contributed by atoms with Gasteiger partial charge in [0.1, 0.15) is 24.7 Å². The Kier molecular flexibility index (Phi) is 9.58. The summed E-state index contributed by atoms with van der Waals surface area (Å²) in [6.45, 7) is 7.31. The first-order chi connectivity index (χ1) is 11.5. The van der Waals surface area contributed by atoms with Crippen LogP contribution in [0.5, 0.6) is 11.5 Å². The molecule has 24 heavy (non-hydrogen) atoms. The highest BCUT2D eigenvalue weighted by atomic mass is 17.2. The third-order valence-electron chi connectivity index (χ3n) is 2.85. The second-order valence-electron chi connectivity index (χ2n) is 5.95. The third kappa shape index (κ3) is 8.56. The van der Waals surface area contributed by atoms with Crippen molar-refractivity contribution in [1.29, 1.82) is 0 Å². The van der Waals surface area contributed by atoms with Crippen LogP contribution < -0.4 is 9.47 Å². The molecule has 0 N–H and O–H groups in total. The molecule has 4 nitrogen and oxygen atoms in total. The minimum atomic E-state index is 0.403. The molecule has 2 aromatic rings. The molecule has 0 aliphatic carbocycles. The maximum atomic E-state index is 5.18. The van der Waals surface area contributed by atoms with Gasteiger partial charge >= 0.3 is 0 Å². The Morgan fingerprint density at radius 3 is 1.17 bits per heavy atom. The van der Waals surface area contributed by atoms with Gasteiger partial charge in [0.25, 0.3) is 0 Å². The van der Waals surface area contributed by atoms with Gasteiger partial charge in [0.05, 0.1) is 14.2 Å². The highest BCUT2D eigenvalue weighted by molar-refractivity contribution is 5.27. The summed E-state index contributed by atoms with van der Waals surface area (Å²) >= 11 is 0. The molecule has 0 amide bonds. The highest BCUT2D eigenvalue weighted by Crippen LogP contribution is 2.14. The van der Waals surface area contributed by atoms with Crippen LogP contribution in [0.2, 0.25) is 0 Å². The Labute approximate surface area is 145 Å². The van der Waals surface area contributed by atoms with Gasteiger partial charge in [0.15, 0.2) is 0 Å². The van der Waals surface area contributed by atoms with Gasteiger partial charge in [-0.05, 0) is 41.3 Å². The SMILES string of the molecule is CC(C)C.COc1ccc(COOCc2ccc(OC)cc2)cc1. The van der Waals surface area contributed by atoms with E-state index in [1.165, 1.54) is 0 Å². The normalized spacial score (nSPS) is 10.1. The van der Waals surface area contributed by atoms with Crippen LogP contribution in [0, 0.1) is 5.92 Å². The molecule has 2 aromatic carbocycles. The standard InChI is InChI=1S/C16H18O4.C4H10/c1-17-15-7-3-13(4-8-15)11-19-20-12-14-5-9-16(18-2)10-6-14;1-4(2)3/h3-10H,11-12H2,1-2H3;4H,1-3H3. The van der Waals surface area contributed by atoms with E-state index in [4.69, 9.17) is 19.2 Å². The molecule has 0 spiro atoms. The summed E-state index contributed by atoms with van der Waals surface area (Å²) in [6, 6.07) is 15.3. The van der Waals surface area contributed by atoms with Crippen LogP contribution in [0.1, 0.15) is 31.9 Å². The van der Waals surface area contributed by atoms with E-state index in [0.717, 1.165) is 28.5 Å². The fourth-order valence-corrected chi connectivity index (χ4v) is 1.66. The van der Waals surface area contributed by atoms with E-state index < -0.39 is 0 Å². The average Bonchev–Trinajstić information content (AvgIpc) is 2.59. The predicted octanol–water partition coefficient (Wildman–Crippen LogP) is 5.01. The fourth-order valence-electron chi connectivity index (χ4n) is 1.66. The quantitative estimate of drug-likeness (QED) is 0.405. The minimum absolute atomic E-state index is 0.403. The number of hydrogen-bond donors (Lipinski definition) is 0. The van der Waals surface area contributed by atoms with Crippen LogP contribution in [0.25, 0.3) is 0 Å². The van der Waals surface area contributed by atoms with E-state index in [0.29, 0.717) is 13.2 Å². The number of methoxy groups -OCH3 is 2. The summed E-state index contributed by atoms with van der Waals surface area (Å²) in [5.74, 6) is 2.49. The molecule has 0 aliphatic rings. The van der Waals surface area contributed by atoms with Gasteiger partial charge in [-0.25, -0.2) is 9.78 Å². The molecule has 0 heterocycles. The van der Waals surface area contributed by atoms with Gasteiger partial charge in [-0.3, -0.25) is 0 Å². The molecule has 0 aromatic heterocycles. The van der Waals surface area contributed by atoms with E-state index in [-0.39, 0.29) is 0 Å². The number of hydrogen-bond acceptors (Lipinski definition) is 4. The van der Waals surface area contributed by atoms with E-state index >= 15 is 0 Å². The van der Waals surface area contributed by atoms with Crippen molar-refractivity contribution < 1.29 is 19.2 Å². The summed E-state index contributed by atoms with van der Waals surface area (Å²) in [5.41, 5.74) is 2.06. The molecular formula is C20H28O4. The van der Waals surface area contributed by atoms with Gasteiger partial charge in [-0.1, -0.05) is 45.0 Å². The van der Waals surface area contributed by atoms with Crippen molar-refractivity contribution in [2.24, 2.45) is 5.92 Å². The lowest BCUT2D eigenvalue weighted by Crippen LogP contribution is -1.96. The molecule has 0 bridgehead atoms. The third-order valence-corrected chi connectivity index (χ3v) is 2.85. The topological polar surface area (TPSA) is 36.9 Å². The zero-order valence-electron chi connectivity index (χ0n) is 15.2. The number of rotatable bonds is 7. The first-order valence-electron chi connectivity index (χ1n) is 8.05. The molecule has 0 aliphatic heterocycles. The Hall–Kier alpha value is -2.04. The summed E-state index contributed by atoms with van der Waals surface area (Å²) in [5, 5.41) is 0. The Morgan fingerprint density at radius 1 is 0.625 bits per heavy atom.